The zero-order valence-electron chi connectivity index (χ0n) is 9.14. The molecule has 0 saturated heterocycles. The van der Waals surface area contributed by atoms with Gasteiger partial charge >= 0.3 is 0 Å². The molecule has 0 spiro atoms. The van der Waals surface area contributed by atoms with Crippen molar-refractivity contribution in [3.8, 4) is 0 Å². The number of hydrogen-bond donors (Lipinski definition) is 2. The molecule has 0 aromatic carbocycles. The molecule has 1 fully saturated rings. The summed E-state index contributed by atoms with van der Waals surface area (Å²) < 4.78 is 0. The van der Waals surface area contributed by atoms with Gasteiger partial charge in [0.05, 0.1) is 5.60 Å². The van der Waals surface area contributed by atoms with Gasteiger partial charge in [0.2, 0.25) is 0 Å². The van der Waals surface area contributed by atoms with Crippen molar-refractivity contribution >= 4 is 0 Å². The molecule has 78 valence electrons. The number of hydrogen-bond acceptors (Lipinski definition) is 2. The topological polar surface area (TPSA) is 32.3 Å². The summed E-state index contributed by atoms with van der Waals surface area (Å²) in [5, 5.41) is 13.4. The van der Waals surface area contributed by atoms with Crippen molar-refractivity contribution in [1.29, 1.82) is 0 Å². The lowest BCUT2D eigenvalue weighted by Gasteiger charge is -2.39. The molecule has 1 unspecified atom stereocenters. The first-order chi connectivity index (χ1) is 6.02. The van der Waals surface area contributed by atoms with E-state index < -0.39 is 5.60 Å². The lowest BCUT2D eigenvalue weighted by molar-refractivity contribution is -0.0332. The lowest BCUT2D eigenvalue weighted by atomic mass is 9.73. The van der Waals surface area contributed by atoms with Crippen LogP contribution >= 0.6 is 0 Å². The van der Waals surface area contributed by atoms with E-state index >= 15 is 0 Å². The van der Waals surface area contributed by atoms with Crippen molar-refractivity contribution in [2.45, 2.75) is 45.6 Å². The average molecular weight is 185 g/mol. The first-order valence-electron chi connectivity index (χ1n) is 5.45. The molecule has 2 heteroatoms. The van der Waals surface area contributed by atoms with Gasteiger partial charge in [0.15, 0.2) is 0 Å². The highest BCUT2D eigenvalue weighted by Crippen LogP contribution is 2.35. The molecule has 1 aliphatic rings. The van der Waals surface area contributed by atoms with Crippen LogP contribution in [-0.2, 0) is 0 Å². The summed E-state index contributed by atoms with van der Waals surface area (Å²) in [5.41, 5.74) is -0.479. The van der Waals surface area contributed by atoms with Gasteiger partial charge in [-0.2, -0.15) is 0 Å². The maximum atomic E-state index is 10.1. The highest BCUT2D eigenvalue weighted by atomic mass is 16.3. The smallest absolute Gasteiger partial charge is 0.0771 e. The van der Waals surface area contributed by atoms with E-state index in [4.69, 9.17) is 0 Å². The summed E-state index contributed by atoms with van der Waals surface area (Å²) >= 11 is 0. The van der Waals surface area contributed by atoms with Crippen LogP contribution in [-0.4, -0.2) is 23.8 Å². The summed E-state index contributed by atoms with van der Waals surface area (Å²) in [6.07, 6.45) is 3.71. The summed E-state index contributed by atoms with van der Waals surface area (Å²) in [4.78, 5) is 0. The van der Waals surface area contributed by atoms with E-state index in [9.17, 15) is 5.11 Å². The maximum absolute atomic E-state index is 10.1. The predicted molar refractivity (Wildman–Crippen MR) is 55.7 cm³/mol. The average Bonchev–Trinajstić information content (AvgIpc) is 1.79. The third-order valence-electron chi connectivity index (χ3n) is 3.02. The van der Waals surface area contributed by atoms with Crippen molar-refractivity contribution in [3.05, 3.63) is 0 Å². The van der Waals surface area contributed by atoms with Crippen LogP contribution in [0.4, 0.5) is 0 Å². The minimum Gasteiger partial charge on any atom is -0.389 e. The molecule has 2 nitrogen and oxygen atoms in total. The normalized spacial score (nSPS) is 22.8. The monoisotopic (exact) mass is 185 g/mol. The summed E-state index contributed by atoms with van der Waals surface area (Å²) in [7, 11) is 0. The fraction of sp³-hybridized carbons (Fsp3) is 1.00. The molecule has 0 bridgehead atoms. The van der Waals surface area contributed by atoms with Crippen LogP contribution in [0.1, 0.15) is 40.0 Å². The van der Waals surface area contributed by atoms with Crippen molar-refractivity contribution in [2.75, 3.05) is 13.1 Å². The third kappa shape index (κ3) is 3.28. The molecular weight excluding hydrogens is 162 g/mol. The minimum absolute atomic E-state index is 0.479. The second-order valence-electron chi connectivity index (χ2n) is 5.01. The van der Waals surface area contributed by atoms with Crippen LogP contribution in [0.15, 0.2) is 0 Å². The van der Waals surface area contributed by atoms with Gasteiger partial charge in [0.25, 0.3) is 0 Å². The van der Waals surface area contributed by atoms with Crippen molar-refractivity contribution in [1.82, 2.24) is 5.32 Å². The Labute approximate surface area is 81.7 Å². The highest BCUT2D eigenvalue weighted by Gasteiger charge is 2.35. The van der Waals surface area contributed by atoms with E-state index in [1.165, 1.54) is 19.3 Å². The largest absolute Gasteiger partial charge is 0.389 e. The van der Waals surface area contributed by atoms with Crippen LogP contribution in [0.3, 0.4) is 0 Å². The maximum Gasteiger partial charge on any atom is 0.0771 e. The van der Waals surface area contributed by atoms with Crippen molar-refractivity contribution in [3.63, 3.8) is 0 Å². The molecule has 1 rings (SSSR count). The van der Waals surface area contributed by atoms with Gasteiger partial charge in [-0.3, -0.25) is 0 Å². The zero-order chi connectivity index (χ0) is 9.90. The Morgan fingerprint density at radius 2 is 2.08 bits per heavy atom. The Morgan fingerprint density at radius 3 is 2.46 bits per heavy atom. The molecule has 0 heterocycles. The van der Waals surface area contributed by atoms with E-state index in [2.05, 4.69) is 19.2 Å². The third-order valence-corrected chi connectivity index (χ3v) is 3.02. The molecule has 0 radical (unpaired) electrons. The number of aliphatic hydroxyl groups is 1. The van der Waals surface area contributed by atoms with E-state index in [1.54, 1.807) is 0 Å². The minimum atomic E-state index is -0.479. The summed E-state index contributed by atoms with van der Waals surface area (Å²) in [5.74, 6) is 1.20. The van der Waals surface area contributed by atoms with E-state index in [1.807, 2.05) is 6.92 Å². The zero-order valence-corrected chi connectivity index (χ0v) is 9.14. The highest BCUT2D eigenvalue weighted by molar-refractivity contribution is 4.89. The van der Waals surface area contributed by atoms with Crippen LogP contribution < -0.4 is 5.32 Å². The molecule has 1 atom stereocenters. The molecule has 13 heavy (non-hydrogen) atoms. The van der Waals surface area contributed by atoms with Gasteiger partial charge in [0.1, 0.15) is 0 Å². The molecule has 0 aromatic rings. The fourth-order valence-corrected chi connectivity index (χ4v) is 1.79. The Balaban J connectivity index is 2.17. The molecule has 1 aliphatic carbocycles. The van der Waals surface area contributed by atoms with Gasteiger partial charge in [-0.05, 0) is 38.1 Å². The Bertz CT molecular complexity index is 150. The second-order valence-corrected chi connectivity index (χ2v) is 5.01. The quantitative estimate of drug-likeness (QED) is 0.684. The van der Waals surface area contributed by atoms with Gasteiger partial charge < -0.3 is 10.4 Å². The molecule has 0 amide bonds. The molecule has 1 saturated carbocycles. The van der Waals surface area contributed by atoms with Gasteiger partial charge in [-0.1, -0.05) is 20.3 Å². The predicted octanol–water partition coefficient (Wildman–Crippen LogP) is 1.78. The fourth-order valence-electron chi connectivity index (χ4n) is 1.79. The summed E-state index contributed by atoms with van der Waals surface area (Å²) in [6, 6.07) is 0. The Morgan fingerprint density at radius 1 is 1.46 bits per heavy atom. The first kappa shape index (κ1) is 11.0. The lowest BCUT2D eigenvalue weighted by Crippen LogP contribution is -2.47. The standard InChI is InChI=1S/C11H23NO/c1-9(2)7-12-8-11(3,13)10-5-4-6-10/h9-10,12-13H,4-8H2,1-3H3. The van der Waals surface area contributed by atoms with Gasteiger partial charge in [0, 0.05) is 6.54 Å². The van der Waals surface area contributed by atoms with Gasteiger partial charge in [-0.25, -0.2) is 0 Å². The van der Waals surface area contributed by atoms with Crippen LogP contribution in [0.5, 0.6) is 0 Å². The van der Waals surface area contributed by atoms with E-state index in [0.29, 0.717) is 11.8 Å². The Hall–Kier alpha value is -0.0800. The first-order valence-corrected chi connectivity index (χ1v) is 5.45. The van der Waals surface area contributed by atoms with E-state index in [-0.39, 0.29) is 0 Å². The molecule has 0 aromatic heterocycles. The van der Waals surface area contributed by atoms with E-state index in [0.717, 1.165) is 13.1 Å². The van der Waals surface area contributed by atoms with Crippen LogP contribution in [0, 0.1) is 11.8 Å². The number of rotatable bonds is 5. The number of nitrogens with one attached hydrogen (secondary N) is 1. The van der Waals surface area contributed by atoms with Crippen LogP contribution in [0.25, 0.3) is 0 Å². The van der Waals surface area contributed by atoms with Crippen molar-refractivity contribution < 1.29 is 5.11 Å². The van der Waals surface area contributed by atoms with Crippen LogP contribution in [0.2, 0.25) is 0 Å². The SMILES string of the molecule is CC(C)CNCC(C)(O)C1CCC1. The van der Waals surface area contributed by atoms with Crippen molar-refractivity contribution in [2.24, 2.45) is 11.8 Å². The second kappa shape index (κ2) is 4.43. The molecule has 2 N–H and O–H groups in total. The Kier molecular flexibility index (Phi) is 3.74. The van der Waals surface area contributed by atoms with Gasteiger partial charge in [-0.15, -0.1) is 0 Å². The summed E-state index contributed by atoms with van der Waals surface area (Å²) in [6.45, 7) is 8.08. The molecule has 0 aliphatic heterocycles. The molecular formula is C11H23NO.